The van der Waals surface area contributed by atoms with E-state index in [-0.39, 0.29) is 41.7 Å². The number of anilines is 3. The molecule has 0 fully saturated rings. The van der Waals surface area contributed by atoms with Gasteiger partial charge in [-0.2, -0.15) is 0 Å². The van der Waals surface area contributed by atoms with Crippen LogP contribution in [0.25, 0.3) is 43.2 Å². The van der Waals surface area contributed by atoms with Crippen LogP contribution in [0.4, 0.5) is 26.1 Å². The van der Waals surface area contributed by atoms with Crippen LogP contribution in [-0.2, 0) is 54.6 Å². The fourth-order valence-electron chi connectivity index (χ4n) is 11.6. The molecule has 2 atom stereocenters. The Balaban J connectivity index is 0.000000163. The van der Waals surface area contributed by atoms with E-state index in [9.17, 15) is 37.1 Å². The van der Waals surface area contributed by atoms with E-state index >= 15 is 0 Å². The van der Waals surface area contributed by atoms with Gasteiger partial charge < -0.3 is 37.7 Å². The van der Waals surface area contributed by atoms with Crippen LogP contribution in [-0.4, -0.2) is 119 Å². The maximum absolute atomic E-state index is 13.3. The quantitative estimate of drug-likeness (QED) is 0.0270. The maximum atomic E-state index is 13.3. The van der Waals surface area contributed by atoms with Crippen LogP contribution >= 0.6 is 23.4 Å². The van der Waals surface area contributed by atoms with Gasteiger partial charge in [-0.3, -0.25) is 29.0 Å². The zero-order valence-electron chi connectivity index (χ0n) is 60.4. The maximum Gasteiger partial charge on any atom is 0.228 e. The van der Waals surface area contributed by atoms with Gasteiger partial charge in [-0.25, -0.2) is 18.7 Å². The summed E-state index contributed by atoms with van der Waals surface area (Å²) in [5.41, 5.74) is 2.77. The lowest BCUT2D eigenvalue weighted by molar-refractivity contribution is -0.130. The summed E-state index contributed by atoms with van der Waals surface area (Å²) in [6, 6.07) is 66.5. The predicted molar refractivity (Wildman–Crippen MR) is 427 cm³/mol. The van der Waals surface area contributed by atoms with Crippen LogP contribution in [0.2, 0.25) is 5.02 Å². The first kappa shape index (κ1) is 80.1. The van der Waals surface area contributed by atoms with Crippen LogP contribution in [0.15, 0.2) is 252 Å². The van der Waals surface area contributed by atoms with Crippen LogP contribution < -0.4 is 28.9 Å². The number of methoxy groups -OCH3 is 3. The molecule has 106 heavy (non-hydrogen) atoms. The molecule has 16 nitrogen and oxygen atoms in total. The molecule has 22 heteroatoms. The Kier molecular flexibility index (Phi) is 30.6. The lowest BCUT2D eigenvalue weighted by Crippen LogP contribution is -2.27. The van der Waals surface area contributed by atoms with Crippen molar-refractivity contribution in [2.24, 2.45) is 0 Å². The molecule has 0 saturated heterocycles. The Bertz CT molecular complexity index is 4850. The zero-order chi connectivity index (χ0) is 75.5. The van der Waals surface area contributed by atoms with Crippen molar-refractivity contribution in [2.75, 3.05) is 81.5 Å². The summed E-state index contributed by atoms with van der Waals surface area (Å²) >= 11 is 5.41. The van der Waals surface area contributed by atoms with Crippen molar-refractivity contribution in [3.63, 3.8) is 0 Å². The number of rotatable bonds is 27. The van der Waals surface area contributed by atoms with Gasteiger partial charge in [0, 0.05) is 141 Å². The van der Waals surface area contributed by atoms with E-state index in [1.54, 1.807) is 135 Å². The number of hydrogen-bond acceptors (Lipinski definition) is 12. The van der Waals surface area contributed by atoms with Crippen molar-refractivity contribution in [3.05, 3.63) is 259 Å². The van der Waals surface area contributed by atoms with Crippen molar-refractivity contribution < 1.29 is 51.3 Å². The number of hydrogen-bond donors (Lipinski definition) is 0. The molecule has 4 amide bonds. The van der Waals surface area contributed by atoms with Crippen LogP contribution in [0.5, 0.6) is 17.2 Å². The van der Waals surface area contributed by atoms with Crippen molar-refractivity contribution >= 4 is 130 Å². The number of aryl methyl sites for hydroxylation is 1. The summed E-state index contributed by atoms with van der Waals surface area (Å²) < 4.78 is 68.4. The van der Waals surface area contributed by atoms with Crippen molar-refractivity contribution in [3.8, 4) is 17.2 Å². The molecule has 3 aromatic heterocycles. The summed E-state index contributed by atoms with van der Waals surface area (Å²) in [6.45, 7) is 1.13. The number of thioether (sulfide) groups is 1. The van der Waals surface area contributed by atoms with Gasteiger partial charge in [-0.1, -0.05) is 96.5 Å². The number of aromatic nitrogens is 3. The summed E-state index contributed by atoms with van der Waals surface area (Å²) in [4.78, 5) is 67.9. The molecule has 9 aromatic carbocycles. The molecule has 0 aliphatic heterocycles. The second kappa shape index (κ2) is 40.5. The van der Waals surface area contributed by atoms with Crippen molar-refractivity contribution in [1.29, 1.82) is 0 Å². The van der Waals surface area contributed by atoms with Gasteiger partial charge in [-0.05, 0) is 191 Å². The average molecular weight is 1510 g/mol. The molecule has 0 spiro atoms. The Morgan fingerprint density at radius 1 is 0.491 bits per heavy atom. The van der Waals surface area contributed by atoms with E-state index < -0.39 is 22.4 Å². The number of halogens is 3. The first-order valence-corrected chi connectivity index (χ1v) is 38.5. The SMILES string of the molecule is CN(C(=O)CCC[S+]([O-])c1ccc(F)cc1)c1nccc2ccccc12.CN(C(=O)CCCn1ccc2cc(F)ccc21)c1cccc2ccccc12.COc1ccc(SCCCC(=O)N(C)c2nccc3ccccc23)cc1.COc1ccc([S+]([O-])CCCC(=O)N(C)Cc2cc(Cl)ccc2OC)cc1. The molecule has 0 aliphatic carbocycles. The number of nitrogens with zero attached hydrogens (tertiary/aromatic N) is 7. The highest BCUT2D eigenvalue weighted by Gasteiger charge is 2.21. The largest absolute Gasteiger partial charge is 0.611 e. The number of pyridine rings is 2. The molecule has 0 radical (unpaired) electrons. The topological polar surface area (TPSA) is 186 Å². The van der Waals surface area contributed by atoms with Gasteiger partial charge in [0.05, 0.1) is 27.0 Å². The van der Waals surface area contributed by atoms with E-state index in [4.69, 9.17) is 25.8 Å². The van der Waals surface area contributed by atoms with E-state index in [0.29, 0.717) is 71.6 Å². The fraction of sp³-hybridized carbons (Fsp3) is 0.238. The number of carbonyl (C=O) groups excluding carboxylic acids is 4. The summed E-state index contributed by atoms with van der Waals surface area (Å²) in [5.74, 6) is 4.81. The molecule has 12 aromatic rings. The van der Waals surface area contributed by atoms with Gasteiger partial charge in [-0.15, -0.1) is 11.8 Å². The molecule has 0 saturated carbocycles. The monoisotopic (exact) mass is 1510 g/mol. The number of fused-ring (bicyclic) bond motifs is 4. The molecule has 3 heterocycles. The molecule has 2 unspecified atom stereocenters. The van der Waals surface area contributed by atoms with E-state index in [1.807, 2.05) is 135 Å². The van der Waals surface area contributed by atoms with Crippen molar-refractivity contribution in [1.82, 2.24) is 19.4 Å². The van der Waals surface area contributed by atoms with Crippen LogP contribution in [0.3, 0.4) is 0 Å². The molecule has 0 N–H and O–H groups in total. The number of benzene rings is 9. The van der Waals surface area contributed by atoms with E-state index in [0.717, 1.165) is 102 Å². The lowest BCUT2D eigenvalue weighted by Gasteiger charge is -2.19. The second-order valence-corrected chi connectivity index (χ2v) is 29.4. The molecule has 0 bridgehead atoms. The number of amides is 4. The summed E-state index contributed by atoms with van der Waals surface area (Å²) in [5, 5.41) is 7.71. The minimum atomic E-state index is -1.24. The van der Waals surface area contributed by atoms with Gasteiger partial charge in [0.25, 0.3) is 0 Å². The minimum absolute atomic E-state index is 0.0104. The summed E-state index contributed by atoms with van der Waals surface area (Å²) in [6.07, 6.45) is 9.54. The van der Waals surface area contributed by atoms with Crippen molar-refractivity contribution in [2.45, 2.75) is 79.1 Å². The first-order chi connectivity index (χ1) is 51.3. The average Bonchev–Trinajstić information content (AvgIpc) is 1.10. The predicted octanol–water partition coefficient (Wildman–Crippen LogP) is 18.0. The normalized spacial score (nSPS) is 11.4. The summed E-state index contributed by atoms with van der Waals surface area (Å²) in [7, 11) is 11.9. The second-order valence-electron chi connectivity index (χ2n) is 24.7. The fourth-order valence-corrected chi connectivity index (χ4v) is 14.8. The van der Waals surface area contributed by atoms with Gasteiger partial charge in [0.15, 0.2) is 9.79 Å². The smallest absolute Gasteiger partial charge is 0.228 e. The highest BCUT2D eigenvalue weighted by molar-refractivity contribution is 7.99. The van der Waals surface area contributed by atoms with Gasteiger partial charge in [0.1, 0.15) is 52.0 Å². The minimum Gasteiger partial charge on any atom is -0.611 e. The Hall–Kier alpha value is -10.0. The Labute approximate surface area is 633 Å². The van der Waals surface area contributed by atoms with E-state index in [1.165, 1.54) is 41.3 Å². The third-order valence-electron chi connectivity index (χ3n) is 17.5. The highest BCUT2D eigenvalue weighted by atomic mass is 35.5. The standard InChI is InChI=1S/C23H21FN2O.C21H22N2O2S.C20H24ClNO4S.C20H19FN2O2S/c1-25(22-9-4-7-17-6-2-3-8-20(17)22)23(27)10-5-14-26-15-13-18-16-19(24)11-12-21(18)26;1-23(21-19-7-4-3-6-16(19)13-14-22-21)20(24)8-5-15-26-18-11-9-17(25-2)10-12-18;1-22(14-15-13-16(21)6-11-19(15)26-3)20(23)5-4-12-27(24)18-9-7-17(25-2)8-10-18;1-23(20-18-6-3-2-5-15(18)12-13-22-20)19(24)7-4-14-26(25)17-10-8-16(21)9-11-17/h2-4,6-9,11-13,15-16H,5,10,14H2,1H3;3-4,6-7,9-14H,5,8,15H2,1-2H3;6-11,13H,4-5,12,14H2,1-3H3;2-3,5-6,8-13H,4,7,14H2,1H3. The Morgan fingerprint density at radius 3 is 1.56 bits per heavy atom. The van der Waals surface area contributed by atoms with Gasteiger partial charge >= 0.3 is 0 Å². The molecule has 550 valence electrons. The molecular weight excluding hydrogens is 1420 g/mol. The number of carbonyl (C=O) groups is 4. The zero-order valence-corrected chi connectivity index (χ0v) is 63.6. The van der Waals surface area contributed by atoms with E-state index in [2.05, 4.69) is 26.7 Å². The first-order valence-electron chi connectivity index (χ1n) is 34.5. The molecule has 12 rings (SSSR count). The molecular formula is C84H86ClF2N7O9S3. The third-order valence-corrected chi connectivity index (χ3v) is 21.7. The highest BCUT2D eigenvalue weighted by Crippen LogP contribution is 2.31. The van der Waals surface area contributed by atoms with Crippen LogP contribution in [0.1, 0.15) is 56.9 Å². The third kappa shape index (κ3) is 22.8. The Morgan fingerprint density at radius 2 is 0.981 bits per heavy atom. The number of ether oxygens (including phenoxy) is 3. The van der Waals surface area contributed by atoms with Crippen LogP contribution in [0, 0.1) is 11.6 Å². The van der Waals surface area contributed by atoms with Gasteiger partial charge in [0.2, 0.25) is 23.6 Å². The molecule has 0 aliphatic rings. The lowest BCUT2D eigenvalue weighted by atomic mass is 10.1.